The van der Waals surface area contributed by atoms with Crippen LogP contribution in [0.1, 0.15) is 32.3 Å². The number of carbonyl (C=O) groups is 2. The van der Waals surface area contributed by atoms with Crippen molar-refractivity contribution in [1.29, 1.82) is 0 Å². The summed E-state index contributed by atoms with van der Waals surface area (Å²) >= 11 is 0. The van der Waals surface area contributed by atoms with E-state index in [1.54, 1.807) is 42.7 Å². The molecule has 0 aliphatic carbocycles. The van der Waals surface area contributed by atoms with Crippen LogP contribution in [0.3, 0.4) is 0 Å². The smallest absolute Gasteiger partial charge is 0.273 e. The van der Waals surface area contributed by atoms with Crippen LogP contribution in [0.2, 0.25) is 0 Å². The highest BCUT2D eigenvalue weighted by Gasteiger charge is 2.26. The van der Waals surface area contributed by atoms with Gasteiger partial charge in [0.2, 0.25) is 0 Å². The minimum Gasteiger partial charge on any atom is -0.469 e. The van der Waals surface area contributed by atoms with E-state index in [2.05, 4.69) is 5.10 Å². The summed E-state index contributed by atoms with van der Waals surface area (Å²) in [5.41, 5.74) is 1.86. The topological polar surface area (TPSA) is 71.6 Å². The van der Waals surface area contributed by atoms with E-state index in [1.807, 2.05) is 0 Å². The number of carbonyl (C=O) groups excluding carboxylic acids is 2. The first-order valence-corrected chi connectivity index (χ1v) is 7.09. The number of nitrogens with zero attached hydrogens (tertiary/aromatic N) is 4. The molecular formula is C15H18N4O3. The molecule has 0 radical (unpaired) electrons. The van der Waals surface area contributed by atoms with E-state index in [0.29, 0.717) is 36.7 Å². The van der Waals surface area contributed by atoms with Crippen molar-refractivity contribution in [1.82, 2.24) is 19.6 Å². The quantitative estimate of drug-likeness (QED) is 0.834. The monoisotopic (exact) mass is 302 g/mol. The average Bonchev–Trinajstić information content (AvgIpc) is 3.10. The van der Waals surface area contributed by atoms with E-state index in [1.165, 1.54) is 11.2 Å². The molecule has 2 aromatic heterocycles. The first kappa shape index (κ1) is 14.4. The van der Waals surface area contributed by atoms with Gasteiger partial charge in [0.1, 0.15) is 5.76 Å². The van der Waals surface area contributed by atoms with Gasteiger partial charge in [0.15, 0.2) is 5.69 Å². The standard InChI is InChI=1S/C15H18N4O3/c1-10-12(4-7-22-10)14(20)18-5-6-19-11(9-18)8-13(16-19)15(21)17(2)3/h4,7-8H,5-6,9H2,1-3H3. The highest BCUT2D eigenvalue weighted by atomic mass is 16.3. The zero-order valence-electron chi connectivity index (χ0n) is 12.9. The Balaban J connectivity index is 1.81. The first-order valence-electron chi connectivity index (χ1n) is 7.09. The molecule has 1 aliphatic rings. The molecule has 0 spiro atoms. The molecule has 1 aliphatic heterocycles. The number of aryl methyl sites for hydroxylation is 1. The Hall–Kier alpha value is -2.57. The Labute approximate surface area is 128 Å². The van der Waals surface area contributed by atoms with Crippen molar-refractivity contribution >= 4 is 11.8 Å². The Bertz CT molecular complexity index is 729. The molecule has 116 valence electrons. The number of rotatable bonds is 2. The summed E-state index contributed by atoms with van der Waals surface area (Å²) in [6, 6.07) is 3.44. The molecule has 22 heavy (non-hydrogen) atoms. The second kappa shape index (κ2) is 5.32. The van der Waals surface area contributed by atoms with Crippen molar-refractivity contribution in [3.05, 3.63) is 41.1 Å². The van der Waals surface area contributed by atoms with Crippen LogP contribution in [0, 0.1) is 6.92 Å². The van der Waals surface area contributed by atoms with Crippen LogP contribution < -0.4 is 0 Å². The Morgan fingerprint density at radius 1 is 1.32 bits per heavy atom. The fraction of sp³-hybridized carbons (Fsp3) is 0.400. The Morgan fingerprint density at radius 3 is 2.73 bits per heavy atom. The molecule has 3 rings (SSSR count). The average molecular weight is 302 g/mol. The van der Waals surface area contributed by atoms with Gasteiger partial charge in [-0.1, -0.05) is 0 Å². The van der Waals surface area contributed by atoms with Crippen molar-refractivity contribution < 1.29 is 14.0 Å². The van der Waals surface area contributed by atoms with Crippen LogP contribution in [-0.4, -0.2) is 52.0 Å². The minimum atomic E-state index is -0.134. The molecule has 0 atom stereocenters. The van der Waals surface area contributed by atoms with Crippen molar-refractivity contribution in [3.63, 3.8) is 0 Å². The van der Waals surface area contributed by atoms with Crippen LogP contribution in [0.5, 0.6) is 0 Å². The maximum atomic E-state index is 12.5. The maximum Gasteiger partial charge on any atom is 0.273 e. The van der Waals surface area contributed by atoms with Crippen LogP contribution in [0.15, 0.2) is 22.8 Å². The first-order chi connectivity index (χ1) is 10.5. The summed E-state index contributed by atoms with van der Waals surface area (Å²) in [5.74, 6) is 0.428. The van der Waals surface area contributed by atoms with Crippen molar-refractivity contribution in [2.45, 2.75) is 20.0 Å². The second-order valence-electron chi connectivity index (χ2n) is 5.56. The van der Waals surface area contributed by atoms with Crippen LogP contribution in [0.25, 0.3) is 0 Å². The molecule has 2 amide bonds. The van der Waals surface area contributed by atoms with Gasteiger partial charge < -0.3 is 14.2 Å². The highest BCUT2D eigenvalue weighted by Crippen LogP contribution is 2.19. The van der Waals surface area contributed by atoms with Crippen LogP contribution in [-0.2, 0) is 13.1 Å². The van der Waals surface area contributed by atoms with Gasteiger partial charge in [0.25, 0.3) is 11.8 Å². The summed E-state index contributed by atoms with van der Waals surface area (Å²) in [6.45, 7) is 3.36. The third kappa shape index (κ3) is 2.38. The lowest BCUT2D eigenvalue weighted by Gasteiger charge is -2.27. The SMILES string of the molecule is Cc1occc1C(=O)N1CCn2nc(C(=O)N(C)C)cc2C1. The number of hydrogen-bond donors (Lipinski definition) is 0. The number of fused-ring (bicyclic) bond motifs is 1. The van der Waals surface area contributed by atoms with Gasteiger partial charge in [0.05, 0.1) is 30.6 Å². The third-order valence-corrected chi connectivity index (χ3v) is 3.80. The summed E-state index contributed by atoms with van der Waals surface area (Å²) in [5, 5.41) is 4.31. The van der Waals surface area contributed by atoms with Crippen molar-refractivity contribution in [2.75, 3.05) is 20.6 Å². The van der Waals surface area contributed by atoms with Gasteiger partial charge in [-0.3, -0.25) is 14.3 Å². The van der Waals surface area contributed by atoms with Crippen molar-refractivity contribution in [3.8, 4) is 0 Å². The maximum absolute atomic E-state index is 12.5. The fourth-order valence-electron chi connectivity index (χ4n) is 2.55. The predicted octanol–water partition coefficient (Wildman–Crippen LogP) is 1.14. The van der Waals surface area contributed by atoms with Gasteiger partial charge >= 0.3 is 0 Å². The van der Waals surface area contributed by atoms with Gasteiger partial charge in [-0.15, -0.1) is 0 Å². The van der Waals surface area contributed by atoms with Gasteiger partial charge in [-0.05, 0) is 19.1 Å². The number of aromatic nitrogens is 2. The van der Waals surface area contributed by atoms with Gasteiger partial charge in [0, 0.05) is 20.6 Å². The largest absolute Gasteiger partial charge is 0.469 e. The zero-order valence-corrected chi connectivity index (χ0v) is 12.9. The lowest BCUT2D eigenvalue weighted by molar-refractivity contribution is 0.0702. The molecule has 0 saturated heterocycles. The second-order valence-corrected chi connectivity index (χ2v) is 5.56. The van der Waals surface area contributed by atoms with E-state index >= 15 is 0 Å². The molecule has 3 heterocycles. The summed E-state index contributed by atoms with van der Waals surface area (Å²) < 4.78 is 6.99. The number of furan rings is 1. The van der Waals surface area contributed by atoms with E-state index in [9.17, 15) is 9.59 Å². The molecule has 0 bridgehead atoms. The molecular weight excluding hydrogens is 284 g/mol. The number of hydrogen-bond acceptors (Lipinski definition) is 4. The molecule has 2 aromatic rings. The fourth-order valence-corrected chi connectivity index (χ4v) is 2.55. The molecule has 0 N–H and O–H groups in total. The molecule has 0 fully saturated rings. The summed E-state index contributed by atoms with van der Waals surface area (Å²) in [7, 11) is 3.39. The van der Waals surface area contributed by atoms with Crippen LogP contribution in [0.4, 0.5) is 0 Å². The van der Waals surface area contributed by atoms with E-state index in [0.717, 1.165) is 5.69 Å². The van der Waals surface area contributed by atoms with Crippen molar-refractivity contribution in [2.24, 2.45) is 0 Å². The van der Waals surface area contributed by atoms with E-state index < -0.39 is 0 Å². The predicted molar refractivity (Wildman–Crippen MR) is 78.4 cm³/mol. The lowest BCUT2D eigenvalue weighted by Crippen LogP contribution is -2.38. The van der Waals surface area contributed by atoms with Gasteiger partial charge in [-0.2, -0.15) is 5.10 Å². The highest BCUT2D eigenvalue weighted by molar-refractivity contribution is 5.95. The summed E-state index contributed by atoms with van der Waals surface area (Å²) in [6.07, 6.45) is 1.52. The molecule has 7 nitrogen and oxygen atoms in total. The zero-order chi connectivity index (χ0) is 15.9. The minimum absolute atomic E-state index is 0.0563. The van der Waals surface area contributed by atoms with Crippen LogP contribution >= 0.6 is 0 Å². The Kier molecular flexibility index (Phi) is 3.48. The van der Waals surface area contributed by atoms with E-state index in [-0.39, 0.29) is 11.8 Å². The molecule has 0 saturated carbocycles. The molecule has 0 unspecified atom stereocenters. The van der Waals surface area contributed by atoms with E-state index in [4.69, 9.17) is 4.42 Å². The Morgan fingerprint density at radius 2 is 2.09 bits per heavy atom. The molecule has 7 heteroatoms. The van der Waals surface area contributed by atoms with Gasteiger partial charge in [-0.25, -0.2) is 0 Å². The summed E-state index contributed by atoms with van der Waals surface area (Å²) in [4.78, 5) is 27.7. The lowest BCUT2D eigenvalue weighted by atomic mass is 10.2. The molecule has 0 aromatic carbocycles. The normalized spacial score (nSPS) is 13.9. The number of amides is 2. The third-order valence-electron chi connectivity index (χ3n) is 3.80.